The molecule has 1 fully saturated rings. The second-order valence-electron chi connectivity index (χ2n) is 7.23. The number of rotatable bonds is 6. The molecular weight excluding hydrogens is 334 g/mol. The second-order valence-corrected chi connectivity index (χ2v) is 7.23. The summed E-state index contributed by atoms with van der Waals surface area (Å²) in [6.45, 7) is 5.28. The quantitative estimate of drug-likeness (QED) is 0.654. The molecule has 4 heteroatoms. The molecule has 2 aromatic carbocycles. The average molecular weight is 359 g/mol. The fourth-order valence-electron chi connectivity index (χ4n) is 3.81. The molecule has 0 spiro atoms. The number of amides is 1. The smallest absolute Gasteiger partial charge is 0.272 e. The zero-order valence-corrected chi connectivity index (χ0v) is 15.9. The Morgan fingerprint density at radius 1 is 1.11 bits per heavy atom. The number of benzene rings is 2. The molecule has 2 atom stereocenters. The molecule has 1 aliphatic carbocycles. The lowest BCUT2D eigenvalue weighted by molar-refractivity contribution is 0.0713. The summed E-state index contributed by atoms with van der Waals surface area (Å²) < 4.78 is 1.82. The number of aryl methyl sites for hydroxylation is 2. The maximum Gasteiger partial charge on any atom is 0.272 e. The molecular formula is C23H25N3O. The highest BCUT2D eigenvalue weighted by Gasteiger charge is 2.45. The number of hydrogen-bond donors (Lipinski definition) is 0. The Morgan fingerprint density at radius 3 is 2.44 bits per heavy atom. The lowest BCUT2D eigenvalue weighted by Gasteiger charge is -2.24. The van der Waals surface area contributed by atoms with Crippen LogP contribution in [0.1, 0.15) is 46.6 Å². The summed E-state index contributed by atoms with van der Waals surface area (Å²) in [5.41, 5.74) is 4.04. The summed E-state index contributed by atoms with van der Waals surface area (Å²) in [5, 5.41) is 4.47. The Hall–Kier alpha value is -2.88. The van der Waals surface area contributed by atoms with Gasteiger partial charge in [0.15, 0.2) is 0 Å². The standard InChI is InChI=1S/C23H25N3O/c1-3-26-22(14-17(2)24-26)23(27)25(16-18-10-6-4-7-11-18)21-15-20(21)19-12-8-5-9-13-19/h4-14,20-21H,3,15-16H2,1-2H3. The Balaban J connectivity index is 1.63. The minimum absolute atomic E-state index is 0.0738. The van der Waals surface area contributed by atoms with Crippen LogP contribution in [0.25, 0.3) is 0 Å². The molecule has 0 bridgehead atoms. The predicted molar refractivity (Wildman–Crippen MR) is 107 cm³/mol. The second kappa shape index (κ2) is 7.39. The highest BCUT2D eigenvalue weighted by molar-refractivity contribution is 5.93. The maximum atomic E-state index is 13.5. The zero-order valence-electron chi connectivity index (χ0n) is 15.9. The van der Waals surface area contributed by atoms with Crippen LogP contribution in [-0.2, 0) is 13.1 Å². The zero-order chi connectivity index (χ0) is 18.8. The molecule has 0 radical (unpaired) electrons. The fraction of sp³-hybridized carbons (Fsp3) is 0.304. The summed E-state index contributed by atoms with van der Waals surface area (Å²) in [6, 6.07) is 22.9. The van der Waals surface area contributed by atoms with E-state index in [1.165, 1.54) is 5.56 Å². The summed E-state index contributed by atoms with van der Waals surface area (Å²) in [5.74, 6) is 0.489. The first-order chi connectivity index (χ1) is 13.2. The molecule has 4 nitrogen and oxygen atoms in total. The van der Waals surface area contributed by atoms with Crippen molar-refractivity contribution < 1.29 is 4.79 Å². The lowest BCUT2D eigenvalue weighted by Crippen LogP contribution is -2.35. The summed E-state index contributed by atoms with van der Waals surface area (Å²) in [6.07, 6.45) is 1.02. The summed E-state index contributed by atoms with van der Waals surface area (Å²) >= 11 is 0. The lowest BCUT2D eigenvalue weighted by atomic mass is 10.1. The highest BCUT2D eigenvalue weighted by atomic mass is 16.2. The topological polar surface area (TPSA) is 38.1 Å². The Kier molecular flexibility index (Phi) is 4.80. The van der Waals surface area contributed by atoms with Gasteiger partial charge in [-0.15, -0.1) is 0 Å². The van der Waals surface area contributed by atoms with E-state index < -0.39 is 0 Å². The highest BCUT2D eigenvalue weighted by Crippen LogP contribution is 2.45. The van der Waals surface area contributed by atoms with Gasteiger partial charge in [-0.3, -0.25) is 9.48 Å². The SMILES string of the molecule is CCn1nc(C)cc1C(=O)N(Cc1ccccc1)C1CC1c1ccccc1. The van der Waals surface area contributed by atoms with Crippen molar-refractivity contribution in [3.05, 3.63) is 89.2 Å². The maximum absolute atomic E-state index is 13.5. The minimum atomic E-state index is 0.0738. The van der Waals surface area contributed by atoms with E-state index in [4.69, 9.17) is 0 Å². The van der Waals surface area contributed by atoms with Crippen molar-refractivity contribution >= 4 is 5.91 Å². The van der Waals surface area contributed by atoms with Crippen LogP contribution < -0.4 is 0 Å². The van der Waals surface area contributed by atoms with Crippen LogP contribution in [0.4, 0.5) is 0 Å². The third-order valence-corrected chi connectivity index (χ3v) is 5.26. The molecule has 0 N–H and O–H groups in total. The van der Waals surface area contributed by atoms with Crippen molar-refractivity contribution in [3.8, 4) is 0 Å². The molecule has 27 heavy (non-hydrogen) atoms. The van der Waals surface area contributed by atoms with E-state index in [2.05, 4.69) is 41.5 Å². The third-order valence-electron chi connectivity index (χ3n) is 5.26. The molecule has 1 aromatic heterocycles. The monoisotopic (exact) mass is 359 g/mol. The van der Waals surface area contributed by atoms with Crippen LogP contribution in [0.15, 0.2) is 66.7 Å². The van der Waals surface area contributed by atoms with E-state index in [1.807, 2.05) is 53.8 Å². The van der Waals surface area contributed by atoms with Gasteiger partial charge in [-0.1, -0.05) is 60.7 Å². The van der Waals surface area contributed by atoms with Gasteiger partial charge in [0.05, 0.1) is 5.69 Å². The van der Waals surface area contributed by atoms with Gasteiger partial charge in [0.25, 0.3) is 5.91 Å². The molecule has 1 aliphatic rings. The van der Waals surface area contributed by atoms with Gasteiger partial charge in [-0.2, -0.15) is 5.10 Å². The Morgan fingerprint density at radius 2 is 1.78 bits per heavy atom. The Labute approximate surface area is 160 Å². The van der Waals surface area contributed by atoms with Crippen molar-refractivity contribution in [1.29, 1.82) is 0 Å². The van der Waals surface area contributed by atoms with Crippen molar-refractivity contribution in [2.45, 2.75) is 45.3 Å². The Bertz CT molecular complexity index is 917. The third kappa shape index (κ3) is 3.65. The molecule has 1 saturated carbocycles. The predicted octanol–water partition coefficient (Wildman–Crippen LogP) is 4.41. The normalized spacial score (nSPS) is 18.3. The fourth-order valence-corrected chi connectivity index (χ4v) is 3.81. The van der Waals surface area contributed by atoms with Gasteiger partial charge >= 0.3 is 0 Å². The minimum Gasteiger partial charge on any atom is -0.329 e. The summed E-state index contributed by atoms with van der Waals surface area (Å²) in [4.78, 5) is 15.5. The molecule has 138 valence electrons. The van der Waals surface area contributed by atoms with Crippen molar-refractivity contribution in [2.24, 2.45) is 0 Å². The largest absolute Gasteiger partial charge is 0.329 e. The number of carbonyl (C=O) groups excluding carboxylic acids is 1. The first kappa shape index (κ1) is 17.5. The van der Waals surface area contributed by atoms with Gasteiger partial charge in [0.1, 0.15) is 5.69 Å². The van der Waals surface area contributed by atoms with Gasteiger partial charge in [-0.25, -0.2) is 0 Å². The van der Waals surface area contributed by atoms with Gasteiger partial charge in [0, 0.05) is 25.0 Å². The van der Waals surface area contributed by atoms with E-state index >= 15 is 0 Å². The molecule has 0 saturated heterocycles. The molecule has 0 aliphatic heterocycles. The molecule has 2 unspecified atom stereocenters. The number of hydrogen-bond acceptors (Lipinski definition) is 2. The van der Waals surface area contributed by atoms with Crippen molar-refractivity contribution in [2.75, 3.05) is 0 Å². The number of nitrogens with zero attached hydrogens (tertiary/aromatic N) is 3. The van der Waals surface area contributed by atoms with Crippen LogP contribution in [-0.4, -0.2) is 26.6 Å². The van der Waals surface area contributed by atoms with Crippen LogP contribution in [0.3, 0.4) is 0 Å². The van der Waals surface area contributed by atoms with E-state index in [1.54, 1.807) is 0 Å². The van der Waals surface area contributed by atoms with Crippen LogP contribution in [0, 0.1) is 6.92 Å². The number of carbonyl (C=O) groups is 1. The molecule has 4 rings (SSSR count). The van der Waals surface area contributed by atoms with E-state index in [9.17, 15) is 4.79 Å². The summed E-state index contributed by atoms with van der Waals surface area (Å²) in [7, 11) is 0. The molecule has 1 heterocycles. The average Bonchev–Trinajstić information content (AvgIpc) is 3.41. The first-order valence-electron chi connectivity index (χ1n) is 9.61. The van der Waals surface area contributed by atoms with E-state index in [-0.39, 0.29) is 11.9 Å². The number of aromatic nitrogens is 2. The van der Waals surface area contributed by atoms with Crippen molar-refractivity contribution in [1.82, 2.24) is 14.7 Å². The van der Waals surface area contributed by atoms with E-state index in [0.29, 0.717) is 24.7 Å². The van der Waals surface area contributed by atoms with Crippen LogP contribution in [0.2, 0.25) is 0 Å². The van der Waals surface area contributed by atoms with Gasteiger partial charge < -0.3 is 4.90 Å². The van der Waals surface area contributed by atoms with Crippen LogP contribution >= 0.6 is 0 Å². The van der Waals surface area contributed by atoms with Crippen LogP contribution in [0.5, 0.6) is 0 Å². The van der Waals surface area contributed by atoms with Gasteiger partial charge in [-0.05, 0) is 37.5 Å². The van der Waals surface area contributed by atoms with Crippen molar-refractivity contribution in [3.63, 3.8) is 0 Å². The first-order valence-corrected chi connectivity index (χ1v) is 9.61. The molecule has 3 aromatic rings. The van der Waals surface area contributed by atoms with Gasteiger partial charge in [0.2, 0.25) is 0 Å². The van der Waals surface area contributed by atoms with E-state index in [0.717, 1.165) is 17.7 Å². The molecule has 1 amide bonds.